The van der Waals surface area contributed by atoms with Crippen LogP contribution in [0.5, 0.6) is 0 Å². The molecular formula is C53H49N3. The molecule has 0 radical (unpaired) electrons. The molecule has 0 saturated carbocycles. The van der Waals surface area contributed by atoms with Gasteiger partial charge in [0.2, 0.25) is 0 Å². The first-order valence-electron chi connectivity index (χ1n) is 19.7. The van der Waals surface area contributed by atoms with Gasteiger partial charge in [0.25, 0.3) is 0 Å². The van der Waals surface area contributed by atoms with Gasteiger partial charge in [0, 0.05) is 33.7 Å². The number of amidine groups is 1. The zero-order valence-corrected chi connectivity index (χ0v) is 33.2. The van der Waals surface area contributed by atoms with E-state index in [4.69, 9.17) is 15.0 Å². The average Bonchev–Trinajstić information content (AvgIpc) is 3.82. The molecule has 0 spiro atoms. The van der Waals surface area contributed by atoms with Crippen LogP contribution < -0.4 is 0 Å². The topological polar surface area (TPSA) is 37.1 Å². The minimum atomic E-state index is -0.0536. The van der Waals surface area contributed by atoms with Gasteiger partial charge in [0.1, 0.15) is 5.84 Å². The van der Waals surface area contributed by atoms with Gasteiger partial charge in [-0.15, -0.1) is 0 Å². The molecule has 5 aromatic rings. The fourth-order valence-electron chi connectivity index (χ4n) is 8.47. The van der Waals surface area contributed by atoms with Crippen LogP contribution in [0.2, 0.25) is 0 Å². The molecule has 0 aliphatic heterocycles. The molecule has 0 fully saturated rings. The normalized spacial score (nSPS) is 18.3. The van der Waals surface area contributed by atoms with Gasteiger partial charge in [-0.05, 0) is 96.2 Å². The van der Waals surface area contributed by atoms with E-state index in [1.165, 1.54) is 61.2 Å². The van der Waals surface area contributed by atoms with Crippen molar-refractivity contribution in [1.29, 1.82) is 0 Å². The van der Waals surface area contributed by atoms with Crippen LogP contribution in [0.1, 0.15) is 84.2 Å². The monoisotopic (exact) mass is 727 g/mol. The third kappa shape index (κ3) is 6.95. The maximum absolute atomic E-state index is 5.13. The van der Waals surface area contributed by atoms with Crippen LogP contribution in [0.25, 0.3) is 22.5 Å². The van der Waals surface area contributed by atoms with Crippen molar-refractivity contribution in [3.63, 3.8) is 0 Å². The molecule has 9 rings (SSSR count). The Morgan fingerprint density at radius 3 is 2.14 bits per heavy atom. The van der Waals surface area contributed by atoms with Crippen molar-refractivity contribution in [3.05, 3.63) is 214 Å². The molecule has 4 aliphatic rings. The molecule has 0 bridgehead atoms. The van der Waals surface area contributed by atoms with Crippen molar-refractivity contribution in [2.75, 3.05) is 0 Å². The number of nitrogens with zero attached hydrogens (tertiary/aromatic N) is 3. The Hall–Kier alpha value is -6.19. The number of allylic oxidation sites excluding steroid dienone is 5. The van der Waals surface area contributed by atoms with Gasteiger partial charge in [-0.3, -0.25) is 0 Å². The van der Waals surface area contributed by atoms with Gasteiger partial charge in [-0.1, -0.05) is 166 Å². The maximum Gasteiger partial charge on any atom is 0.136 e. The van der Waals surface area contributed by atoms with E-state index in [9.17, 15) is 0 Å². The summed E-state index contributed by atoms with van der Waals surface area (Å²) in [4.78, 5) is 15.2. The fraction of sp³-hybridized carbons (Fsp3) is 0.189. The predicted octanol–water partition coefficient (Wildman–Crippen LogP) is 12.9. The molecule has 5 aromatic carbocycles. The number of aryl methyl sites for hydroxylation is 1. The van der Waals surface area contributed by atoms with Gasteiger partial charge in [0.15, 0.2) is 0 Å². The zero-order valence-electron chi connectivity index (χ0n) is 33.2. The fourth-order valence-corrected chi connectivity index (χ4v) is 8.47. The van der Waals surface area contributed by atoms with Crippen molar-refractivity contribution in [2.24, 2.45) is 20.9 Å². The summed E-state index contributed by atoms with van der Waals surface area (Å²) in [6, 6.07) is 40.7. The Bertz CT molecular complexity index is 2600. The Morgan fingerprint density at radius 1 is 0.714 bits per heavy atom. The lowest BCUT2D eigenvalue weighted by Crippen LogP contribution is -2.16. The summed E-state index contributed by atoms with van der Waals surface area (Å²) >= 11 is 0. The van der Waals surface area contributed by atoms with E-state index < -0.39 is 0 Å². The second-order valence-electron chi connectivity index (χ2n) is 15.9. The quantitative estimate of drug-likeness (QED) is 0.125. The number of fused-ring (bicyclic) bond motifs is 5. The molecule has 0 aromatic heterocycles. The van der Waals surface area contributed by atoms with E-state index in [-0.39, 0.29) is 11.3 Å². The number of rotatable bonds is 5. The second kappa shape index (κ2) is 15.2. The lowest BCUT2D eigenvalue weighted by Gasteiger charge is -2.20. The molecule has 276 valence electrons. The molecule has 4 aliphatic carbocycles. The predicted molar refractivity (Wildman–Crippen MR) is 239 cm³/mol. The van der Waals surface area contributed by atoms with Crippen LogP contribution in [-0.2, 0) is 18.3 Å². The van der Waals surface area contributed by atoms with Gasteiger partial charge in [-0.25, -0.2) is 15.0 Å². The maximum atomic E-state index is 5.13. The minimum absolute atomic E-state index is 0.0536. The molecule has 0 N–H and O–H groups in total. The Kier molecular flexibility index (Phi) is 9.95. The van der Waals surface area contributed by atoms with Crippen LogP contribution in [-0.4, -0.2) is 17.3 Å². The highest BCUT2D eigenvalue weighted by Crippen LogP contribution is 2.44. The SMILES string of the molecule is C=C(N=C(N=C(C)c1cccc2c1-c1ccccc1C2)C1C=CC=CC1)c1cccc(C)c1.C=C1C(=NC2=C(C)Cc3ccccc32)c2ccccc2C1(C)C. The first-order chi connectivity index (χ1) is 27.1. The van der Waals surface area contributed by atoms with E-state index in [1.807, 2.05) is 6.07 Å². The summed E-state index contributed by atoms with van der Waals surface area (Å²) in [6.07, 6.45) is 11.4. The van der Waals surface area contributed by atoms with Crippen LogP contribution in [0, 0.1) is 12.8 Å². The summed E-state index contributed by atoms with van der Waals surface area (Å²) in [5.74, 6) is 0.944. The molecule has 0 amide bonds. The highest BCUT2D eigenvalue weighted by Gasteiger charge is 2.38. The van der Waals surface area contributed by atoms with E-state index >= 15 is 0 Å². The van der Waals surface area contributed by atoms with Crippen LogP contribution in [0.4, 0.5) is 0 Å². The zero-order chi connectivity index (χ0) is 39.0. The van der Waals surface area contributed by atoms with E-state index in [2.05, 4.69) is 181 Å². The van der Waals surface area contributed by atoms with Crippen molar-refractivity contribution in [3.8, 4) is 11.1 Å². The largest absolute Gasteiger partial charge is 0.248 e. The smallest absolute Gasteiger partial charge is 0.136 e. The third-order valence-electron chi connectivity index (χ3n) is 11.7. The minimum Gasteiger partial charge on any atom is -0.248 e. The summed E-state index contributed by atoms with van der Waals surface area (Å²) in [5.41, 5.74) is 20.3. The van der Waals surface area contributed by atoms with Gasteiger partial charge >= 0.3 is 0 Å². The first kappa shape index (κ1) is 36.8. The number of hydrogen-bond acceptors (Lipinski definition) is 2. The van der Waals surface area contributed by atoms with Gasteiger partial charge < -0.3 is 0 Å². The summed E-state index contributed by atoms with van der Waals surface area (Å²) in [6.45, 7) is 19.5. The van der Waals surface area contributed by atoms with Crippen molar-refractivity contribution >= 4 is 28.7 Å². The van der Waals surface area contributed by atoms with Gasteiger partial charge in [-0.2, -0.15) is 0 Å². The van der Waals surface area contributed by atoms with Crippen LogP contribution in [0.15, 0.2) is 179 Å². The third-order valence-corrected chi connectivity index (χ3v) is 11.7. The average molecular weight is 728 g/mol. The summed E-state index contributed by atoms with van der Waals surface area (Å²) in [7, 11) is 0. The molecule has 3 heteroatoms. The highest BCUT2D eigenvalue weighted by atomic mass is 14.9. The Labute approximate surface area is 332 Å². The van der Waals surface area contributed by atoms with Crippen molar-refractivity contribution in [2.45, 2.75) is 59.3 Å². The molecular weight excluding hydrogens is 679 g/mol. The number of hydrogen-bond donors (Lipinski definition) is 0. The lowest BCUT2D eigenvalue weighted by atomic mass is 9.83. The Balaban J connectivity index is 0.000000168. The molecule has 1 atom stereocenters. The second-order valence-corrected chi connectivity index (χ2v) is 15.9. The molecule has 0 heterocycles. The highest BCUT2D eigenvalue weighted by molar-refractivity contribution is 6.20. The van der Waals surface area contributed by atoms with E-state index in [0.29, 0.717) is 0 Å². The molecule has 56 heavy (non-hydrogen) atoms. The number of aliphatic imine (C=N–C) groups is 3. The molecule has 1 unspecified atom stereocenters. The standard InChI is InChI=1S/C31H28N2.C22H21N/c1-21-11-9-15-25(19-21)22(2)32-31(24-12-5-4-6-13-24)33-23(3)28-18-10-16-27-20-26-14-7-8-17-29(26)30(27)28;1-14-13-16-9-5-6-10-17(16)20(14)23-21-15(2)22(3,4)19-12-8-7-11-18(19)21/h4-12,14-19,24H,2,13,20H2,1,3H3;5-12H,2,13H2,1,3-4H3. The van der Waals surface area contributed by atoms with Gasteiger partial charge in [0.05, 0.1) is 17.1 Å². The van der Waals surface area contributed by atoms with E-state index in [1.54, 1.807) is 0 Å². The van der Waals surface area contributed by atoms with E-state index in [0.717, 1.165) is 59.1 Å². The molecule has 0 saturated heterocycles. The summed E-state index contributed by atoms with van der Waals surface area (Å²) < 4.78 is 0. The van der Waals surface area contributed by atoms with Crippen LogP contribution in [0.3, 0.4) is 0 Å². The number of benzene rings is 5. The summed E-state index contributed by atoms with van der Waals surface area (Å²) in [5, 5.41) is 0. The Morgan fingerprint density at radius 2 is 1.39 bits per heavy atom. The van der Waals surface area contributed by atoms with Crippen LogP contribution >= 0.6 is 0 Å². The van der Waals surface area contributed by atoms with Crippen molar-refractivity contribution < 1.29 is 0 Å². The first-order valence-corrected chi connectivity index (χ1v) is 19.7. The molecule has 3 nitrogen and oxygen atoms in total. The van der Waals surface area contributed by atoms with Crippen molar-refractivity contribution in [1.82, 2.24) is 0 Å². The lowest BCUT2D eigenvalue weighted by molar-refractivity contribution is 0.665.